The lowest BCUT2D eigenvalue weighted by atomic mass is 10.1. The molecule has 0 fully saturated rings. The highest BCUT2D eigenvalue weighted by Crippen LogP contribution is 2.15. The molecular weight excluding hydrogens is 405 g/mol. The van der Waals surface area contributed by atoms with Crippen molar-refractivity contribution in [1.82, 2.24) is 0 Å². The fourth-order valence-electron chi connectivity index (χ4n) is 2.33. The Morgan fingerprint density at radius 3 is 2.55 bits per heavy atom. The quantitative estimate of drug-likeness (QED) is 0.415. The van der Waals surface area contributed by atoms with Crippen LogP contribution in [-0.4, -0.2) is 12.5 Å². The number of benzene rings is 1. The largest absolute Gasteiger partial charge is 0.370 e. The smallest absolute Gasteiger partial charge is 0.193 e. The van der Waals surface area contributed by atoms with E-state index in [-0.39, 0.29) is 24.0 Å². The predicted octanol–water partition coefficient (Wildman–Crippen LogP) is 4.59. The summed E-state index contributed by atoms with van der Waals surface area (Å²) in [6.45, 7) is 7.10. The van der Waals surface area contributed by atoms with Gasteiger partial charge in [-0.05, 0) is 60.9 Å². The molecule has 1 aromatic heterocycles. The van der Waals surface area contributed by atoms with Crippen LogP contribution in [0.25, 0.3) is 0 Å². The van der Waals surface area contributed by atoms with Crippen molar-refractivity contribution in [2.24, 2.45) is 16.6 Å². The van der Waals surface area contributed by atoms with Gasteiger partial charge in [-0.2, -0.15) is 0 Å². The van der Waals surface area contributed by atoms with E-state index in [1.807, 2.05) is 0 Å². The number of thiophene rings is 1. The summed E-state index contributed by atoms with van der Waals surface area (Å²) in [4.78, 5) is 5.85. The van der Waals surface area contributed by atoms with Crippen LogP contribution in [0.15, 0.2) is 40.7 Å². The second-order valence-electron chi connectivity index (χ2n) is 5.62. The van der Waals surface area contributed by atoms with Crippen LogP contribution >= 0.6 is 35.3 Å². The van der Waals surface area contributed by atoms with Crippen LogP contribution < -0.4 is 11.1 Å². The molecule has 1 atom stereocenters. The van der Waals surface area contributed by atoms with Crippen molar-refractivity contribution in [3.05, 3.63) is 51.7 Å². The molecule has 1 aromatic carbocycles. The average Bonchev–Trinajstić information content (AvgIpc) is 2.88. The molecule has 5 heteroatoms. The van der Waals surface area contributed by atoms with Gasteiger partial charge in [-0.25, -0.2) is 0 Å². The maximum Gasteiger partial charge on any atom is 0.193 e. The molecule has 0 aliphatic rings. The number of nitrogens with zero attached hydrogens (tertiary/aromatic N) is 1. The van der Waals surface area contributed by atoms with Crippen molar-refractivity contribution in [1.29, 1.82) is 0 Å². The molecule has 0 radical (unpaired) electrons. The van der Waals surface area contributed by atoms with Crippen molar-refractivity contribution < 1.29 is 0 Å². The van der Waals surface area contributed by atoms with Crippen LogP contribution in [0.2, 0.25) is 0 Å². The summed E-state index contributed by atoms with van der Waals surface area (Å²) in [6, 6.07) is 10.5. The number of halogens is 1. The van der Waals surface area contributed by atoms with E-state index in [1.54, 1.807) is 11.3 Å². The molecule has 0 saturated heterocycles. The van der Waals surface area contributed by atoms with E-state index in [1.165, 1.54) is 16.0 Å². The minimum absolute atomic E-state index is 0. The molecule has 0 saturated carbocycles. The molecule has 3 nitrogen and oxygen atoms in total. The first-order chi connectivity index (χ1) is 10.0. The van der Waals surface area contributed by atoms with Gasteiger partial charge in [-0.1, -0.05) is 19.1 Å². The Morgan fingerprint density at radius 2 is 1.95 bits per heavy atom. The minimum Gasteiger partial charge on any atom is -0.370 e. The van der Waals surface area contributed by atoms with Crippen LogP contribution in [-0.2, 0) is 6.42 Å². The van der Waals surface area contributed by atoms with Gasteiger partial charge in [0, 0.05) is 17.1 Å². The fraction of sp³-hybridized carbons (Fsp3) is 0.353. The Kier molecular flexibility index (Phi) is 7.89. The van der Waals surface area contributed by atoms with Gasteiger partial charge in [0.1, 0.15) is 0 Å². The van der Waals surface area contributed by atoms with Crippen molar-refractivity contribution in [2.45, 2.75) is 27.2 Å². The molecule has 0 aliphatic heterocycles. The Morgan fingerprint density at radius 1 is 1.27 bits per heavy atom. The number of anilines is 1. The van der Waals surface area contributed by atoms with Crippen LogP contribution in [0.1, 0.15) is 22.9 Å². The maximum atomic E-state index is 5.97. The van der Waals surface area contributed by atoms with E-state index >= 15 is 0 Å². The van der Waals surface area contributed by atoms with E-state index in [0.717, 1.165) is 18.7 Å². The van der Waals surface area contributed by atoms with Gasteiger partial charge < -0.3 is 11.1 Å². The molecule has 2 aromatic rings. The summed E-state index contributed by atoms with van der Waals surface area (Å²) < 4.78 is 0. The Labute approximate surface area is 154 Å². The van der Waals surface area contributed by atoms with Crippen LogP contribution in [0.4, 0.5) is 5.69 Å². The number of rotatable bonds is 5. The molecule has 0 amide bonds. The second kappa shape index (κ2) is 9.15. The monoisotopic (exact) mass is 429 g/mol. The topological polar surface area (TPSA) is 50.4 Å². The number of nitrogens with one attached hydrogen (secondary N) is 1. The van der Waals surface area contributed by atoms with Crippen molar-refractivity contribution in [2.75, 3.05) is 11.9 Å². The highest BCUT2D eigenvalue weighted by Gasteiger charge is 2.04. The Hall–Kier alpha value is -1.08. The molecular formula is C17H24IN3S. The molecule has 1 heterocycles. The molecule has 0 aliphatic carbocycles. The number of hydrogen-bond acceptors (Lipinski definition) is 2. The molecule has 3 N–H and O–H groups in total. The molecule has 1 unspecified atom stereocenters. The lowest BCUT2D eigenvalue weighted by Crippen LogP contribution is -2.24. The fourth-order valence-corrected chi connectivity index (χ4v) is 3.19. The van der Waals surface area contributed by atoms with E-state index in [4.69, 9.17) is 5.73 Å². The molecule has 22 heavy (non-hydrogen) atoms. The summed E-state index contributed by atoms with van der Waals surface area (Å²) in [7, 11) is 0. The van der Waals surface area contributed by atoms with E-state index in [0.29, 0.717) is 11.9 Å². The Bertz CT molecular complexity index is 588. The lowest BCUT2D eigenvalue weighted by molar-refractivity contribution is 0.599. The minimum atomic E-state index is 0. The standard InChI is InChI=1S/C17H23N3S.HI/c1-12-7-13(2)9-15(8-12)20-17(18)19-11-14(3)10-16-5-4-6-21-16;/h4-9,14H,10-11H2,1-3H3,(H3,18,19,20);1H. The average molecular weight is 429 g/mol. The van der Waals surface area contributed by atoms with Crippen molar-refractivity contribution in [3.63, 3.8) is 0 Å². The van der Waals surface area contributed by atoms with Gasteiger partial charge in [0.25, 0.3) is 0 Å². The van der Waals surface area contributed by atoms with Crippen LogP contribution in [0.3, 0.4) is 0 Å². The highest BCUT2D eigenvalue weighted by molar-refractivity contribution is 14.0. The SMILES string of the molecule is Cc1cc(C)cc(NC(N)=NCC(C)Cc2cccs2)c1.I. The molecule has 0 spiro atoms. The normalized spacial score (nSPS) is 12.6. The first-order valence-corrected chi connectivity index (χ1v) is 8.08. The summed E-state index contributed by atoms with van der Waals surface area (Å²) in [5, 5.41) is 5.28. The zero-order valence-electron chi connectivity index (χ0n) is 13.3. The van der Waals surface area contributed by atoms with Crippen molar-refractivity contribution >= 4 is 47.0 Å². The molecule has 2 rings (SSSR count). The third kappa shape index (κ3) is 6.36. The number of hydrogen-bond donors (Lipinski definition) is 2. The molecule has 0 bridgehead atoms. The van der Waals surface area contributed by atoms with Gasteiger partial charge in [-0.15, -0.1) is 35.3 Å². The third-order valence-electron chi connectivity index (χ3n) is 3.20. The summed E-state index contributed by atoms with van der Waals surface area (Å²) >= 11 is 1.80. The predicted molar refractivity (Wildman–Crippen MR) is 109 cm³/mol. The van der Waals surface area contributed by atoms with Gasteiger partial charge >= 0.3 is 0 Å². The van der Waals surface area contributed by atoms with Crippen molar-refractivity contribution in [3.8, 4) is 0 Å². The highest BCUT2D eigenvalue weighted by atomic mass is 127. The van der Waals surface area contributed by atoms with Gasteiger partial charge in [0.05, 0.1) is 0 Å². The van der Waals surface area contributed by atoms with E-state index < -0.39 is 0 Å². The second-order valence-corrected chi connectivity index (χ2v) is 6.65. The van der Waals surface area contributed by atoms with Gasteiger partial charge in [-0.3, -0.25) is 4.99 Å². The maximum absolute atomic E-state index is 5.97. The zero-order valence-corrected chi connectivity index (χ0v) is 16.4. The number of guanidine groups is 1. The summed E-state index contributed by atoms with van der Waals surface area (Å²) in [5.41, 5.74) is 9.41. The number of nitrogens with two attached hydrogens (primary N) is 1. The molecule has 120 valence electrons. The van der Waals surface area contributed by atoms with Gasteiger partial charge in [0.2, 0.25) is 0 Å². The van der Waals surface area contributed by atoms with Crippen LogP contribution in [0, 0.1) is 19.8 Å². The number of aliphatic imine (C=N–C) groups is 1. The Balaban J connectivity index is 0.00000242. The zero-order chi connectivity index (χ0) is 15.2. The summed E-state index contributed by atoms with van der Waals surface area (Å²) in [6.07, 6.45) is 1.05. The summed E-state index contributed by atoms with van der Waals surface area (Å²) in [5.74, 6) is 0.973. The van der Waals surface area contributed by atoms with Crippen LogP contribution in [0.5, 0.6) is 0 Å². The number of aryl methyl sites for hydroxylation is 2. The lowest BCUT2D eigenvalue weighted by Gasteiger charge is -2.10. The van der Waals surface area contributed by atoms with E-state index in [2.05, 4.69) is 66.8 Å². The van der Waals surface area contributed by atoms with Gasteiger partial charge in [0.15, 0.2) is 5.96 Å². The van der Waals surface area contributed by atoms with E-state index in [9.17, 15) is 0 Å². The third-order valence-corrected chi connectivity index (χ3v) is 4.10. The first kappa shape index (κ1) is 19.0. The first-order valence-electron chi connectivity index (χ1n) is 7.20.